The van der Waals surface area contributed by atoms with Crippen molar-refractivity contribution in [3.8, 4) is 0 Å². The molecule has 0 aromatic heterocycles. The third kappa shape index (κ3) is 6.14. The van der Waals surface area contributed by atoms with E-state index in [1.54, 1.807) is 7.11 Å². The lowest BCUT2D eigenvalue weighted by Crippen LogP contribution is -2.42. The Bertz CT molecular complexity index is 194. The fraction of sp³-hybridized carbons (Fsp3) is 1.00. The maximum absolute atomic E-state index is 5.51. The van der Waals surface area contributed by atoms with Gasteiger partial charge in [-0.2, -0.15) is 0 Å². The second-order valence-electron chi connectivity index (χ2n) is 5.13. The number of rotatable bonds is 9. The number of nitrogens with one attached hydrogen (secondary N) is 1. The highest BCUT2D eigenvalue weighted by atomic mass is 16.5. The van der Waals surface area contributed by atoms with Crippen LogP contribution in [0.1, 0.15) is 26.7 Å². The Morgan fingerprint density at radius 2 is 1.94 bits per heavy atom. The number of nitrogens with zero attached hydrogens (tertiary/aromatic N) is 1. The molecule has 4 nitrogen and oxygen atoms in total. The first-order valence-electron chi connectivity index (χ1n) is 7.30. The van der Waals surface area contributed by atoms with Gasteiger partial charge in [0.2, 0.25) is 0 Å². The lowest BCUT2D eigenvalue weighted by atomic mass is 9.90. The Morgan fingerprint density at radius 3 is 2.56 bits per heavy atom. The highest BCUT2D eigenvalue weighted by Crippen LogP contribution is 2.20. The second kappa shape index (κ2) is 9.73. The van der Waals surface area contributed by atoms with E-state index in [0.29, 0.717) is 19.3 Å². The van der Waals surface area contributed by atoms with Crippen molar-refractivity contribution in [2.24, 2.45) is 5.92 Å². The summed E-state index contributed by atoms with van der Waals surface area (Å²) >= 11 is 0. The van der Waals surface area contributed by atoms with E-state index < -0.39 is 0 Å². The predicted octanol–water partition coefficient (Wildman–Crippen LogP) is 1.36. The molecule has 4 heteroatoms. The average molecular weight is 258 g/mol. The summed E-state index contributed by atoms with van der Waals surface area (Å²) < 4.78 is 10.5. The molecular formula is C14H30N2O2. The molecule has 0 spiro atoms. The molecule has 1 atom stereocenters. The molecule has 1 unspecified atom stereocenters. The van der Waals surface area contributed by atoms with Crippen molar-refractivity contribution in [3.63, 3.8) is 0 Å². The average Bonchev–Trinajstić information content (AvgIpc) is 2.39. The third-order valence-electron chi connectivity index (χ3n) is 3.85. The molecule has 1 aliphatic heterocycles. The Labute approximate surface area is 112 Å². The summed E-state index contributed by atoms with van der Waals surface area (Å²) in [6.45, 7) is 11.3. The highest BCUT2D eigenvalue weighted by molar-refractivity contribution is 4.79. The number of methoxy groups -OCH3 is 1. The van der Waals surface area contributed by atoms with Gasteiger partial charge in [-0.05, 0) is 45.3 Å². The van der Waals surface area contributed by atoms with Gasteiger partial charge in [-0.3, -0.25) is 0 Å². The van der Waals surface area contributed by atoms with Crippen LogP contribution in [0.5, 0.6) is 0 Å². The molecule has 1 rings (SSSR count). The van der Waals surface area contributed by atoms with E-state index in [-0.39, 0.29) is 0 Å². The minimum Gasteiger partial charge on any atom is -0.382 e. The Kier molecular flexibility index (Phi) is 8.59. The Morgan fingerprint density at radius 1 is 1.22 bits per heavy atom. The highest BCUT2D eigenvalue weighted by Gasteiger charge is 2.22. The summed E-state index contributed by atoms with van der Waals surface area (Å²) in [7, 11) is 1.71. The molecule has 0 amide bonds. The zero-order valence-electron chi connectivity index (χ0n) is 12.3. The molecule has 1 heterocycles. The summed E-state index contributed by atoms with van der Waals surface area (Å²) in [4.78, 5) is 2.52. The molecule has 0 radical (unpaired) electrons. The van der Waals surface area contributed by atoms with Crippen LogP contribution < -0.4 is 5.32 Å². The van der Waals surface area contributed by atoms with Crippen LogP contribution >= 0.6 is 0 Å². The molecule has 0 aromatic rings. The predicted molar refractivity (Wildman–Crippen MR) is 75.0 cm³/mol. The molecule has 1 fully saturated rings. The maximum Gasteiger partial charge on any atom is 0.0700 e. The summed E-state index contributed by atoms with van der Waals surface area (Å²) in [5, 5.41) is 3.54. The zero-order valence-corrected chi connectivity index (χ0v) is 12.3. The summed E-state index contributed by atoms with van der Waals surface area (Å²) in [5.74, 6) is 0.843. The van der Waals surface area contributed by atoms with Crippen molar-refractivity contribution in [2.75, 3.05) is 53.1 Å². The molecule has 0 saturated carbocycles. The van der Waals surface area contributed by atoms with Crippen LogP contribution in [0.3, 0.4) is 0 Å². The molecule has 0 bridgehead atoms. The molecular weight excluding hydrogens is 228 g/mol. The molecule has 1 N–H and O–H groups in total. The summed E-state index contributed by atoms with van der Waals surface area (Å²) in [6.07, 6.45) is 2.62. The van der Waals surface area contributed by atoms with Crippen LogP contribution in [-0.4, -0.2) is 64.1 Å². The minimum absolute atomic E-state index is 0.662. The van der Waals surface area contributed by atoms with Crippen LogP contribution in [-0.2, 0) is 9.47 Å². The first kappa shape index (κ1) is 15.9. The zero-order chi connectivity index (χ0) is 13.2. The molecule has 108 valence electrons. The van der Waals surface area contributed by atoms with Gasteiger partial charge in [0.15, 0.2) is 0 Å². The van der Waals surface area contributed by atoms with Gasteiger partial charge in [-0.25, -0.2) is 0 Å². The van der Waals surface area contributed by atoms with Crippen LogP contribution in [0.25, 0.3) is 0 Å². The van der Waals surface area contributed by atoms with Crippen molar-refractivity contribution in [2.45, 2.75) is 32.7 Å². The van der Waals surface area contributed by atoms with Gasteiger partial charge in [0, 0.05) is 19.7 Å². The monoisotopic (exact) mass is 258 g/mol. The minimum atomic E-state index is 0.662. The standard InChI is InChI=1S/C14H30N2O2/c1-4-15-13(2)14-5-7-16(8-6-14)9-10-18-12-11-17-3/h13-15H,4-12H2,1-3H3. The topological polar surface area (TPSA) is 33.7 Å². The summed E-state index contributed by atoms with van der Waals surface area (Å²) in [5.41, 5.74) is 0. The van der Waals surface area contributed by atoms with Gasteiger partial charge >= 0.3 is 0 Å². The molecule has 1 aliphatic rings. The van der Waals surface area contributed by atoms with Crippen molar-refractivity contribution in [1.29, 1.82) is 0 Å². The van der Waals surface area contributed by atoms with Crippen LogP contribution in [0.4, 0.5) is 0 Å². The smallest absolute Gasteiger partial charge is 0.0700 e. The number of hydrogen-bond acceptors (Lipinski definition) is 4. The van der Waals surface area contributed by atoms with E-state index in [0.717, 1.165) is 25.6 Å². The van der Waals surface area contributed by atoms with Crippen molar-refractivity contribution < 1.29 is 9.47 Å². The largest absolute Gasteiger partial charge is 0.382 e. The van der Waals surface area contributed by atoms with E-state index in [1.165, 1.54) is 25.9 Å². The lowest BCUT2D eigenvalue weighted by molar-refractivity contribution is 0.0496. The molecule has 0 aliphatic carbocycles. The first-order valence-corrected chi connectivity index (χ1v) is 7.30. The van der Waals surface area contributed by atoms with Crippen molar-refractivity contribution in [1.82, 2.24) is 10.2 Å². The van der Waals surface area contributed by atoms with Gasteiger partial charge in [0.25, 0.3) is 0 Å². The number of ether oxygens (including phenoxy) is 2. The first-order chi connectivity index (χ1) is 8.77. The molecule has 0 aromatic carbocycles. The fourth-order valence-corrected chi connectivity index (χ4v) is 2.60. The van der Waals surface area contributed by atoms with Gasteiger partial charge in [0.05, 0.1) is 19.8 Å². The van der Waals surface area contributed by atoms with E-state index in [1.807, 2.05) is 0 Å². The molecule has 18 heavy (non-hydrogen) atoms. The van der Waals surface area contributed by atoms with E-state index >= 15 is 0 Å². The summed E-state index contributed by atoms with van der Waals surface area (Å²) in [6, 6.07) is 0.662. The molecule has 1 saturated heterocycles. The number of likely N-dealkylation sites (tertiary alicyclic amines) is 1. The normalized spacial score (nSPS) is 20.2. The lowest BCUT2D eigenvalue weighted by Gasteiger charge is -2.35. The SMILES string of the molecule is CCNC(C)C1CCN(CCOCCOC)CC1. The Balaban J connectivity index is 2.04. The third-order valence-corrected chi connectivity index (χ3v) is 3.85. The Hall–Kier alpha value is -0.160. The number of piperidine rings is 1. The van der Waals surface area contributed by atoms with Gasteiger partial charge < -0.3 is 19.7 Å². The maximum atomic E-state index is 5.51. The van der Waals surface area contributed by atoms with Gasteiger partial charge in [0.1, 0.15) is 0 Å². The van der Waals surface area contributed by atoms with E-state index in [2.05, 4.69) is 24.1 Å². The van der Waals surface area contributed by atoms with E-state index in [9.17, 15) is 0 Å². The quantitative estimate of drug-likeness (QED) is 0.633. The fourth-order valence-electron chi connectivity index (χ4n) is 2.60. The van der Waals surface area contributed by atoms with Crippen LogP contribution in [0.15, 0.2) is 0 Å². The van der Waals surface area contributed by atoms with Gasteiger partial charge in [-0.15, -0.1) is 0 Å². The number of hydrogen-bond donors (Lipinski definition) is 1. The van der Waals surface area contributed by atoms with Crippen LogP contribution in [0.2, 0.25) is 0 Å². The van der Waals surface area contributed by atoms with Gasteiger partial charge in [-0.1, -0.05) is 6.92 Å². The van der Waals surface area contributed by atoms with E-state index in [4.69, 9.17) is 9.47 Å². The van der Waals surface area contributed by atoms with Crippen molar-refractivity contribution >= 4 is 0 Å². The van der Waals surface area contributed by atoms with Crippen molar-refractivity contribution in [3.05, 3.63) is 0 Å². The van der Waals surface area contributed by atoms with Crippen LogP contribution in [0, 0.1) is 5.92 Å². The second-order valence-corrected chi connectivity index (χ2v) is 5.13.